The van der Waals surface area contributed by atoms with E-state index in [2.05, 4.69) is 20.7 Å². The van der Waals surface area contributed by atoms with E-state index < -0.39 is 17.8 Å². The molecule has 0 radical (unpaired) electrons. The van der Waals surface area contributed by atoms with Crippen LogP contribution < -0.4 is 16.0 Å². The summed E-state index contributed by atoms with van der Waals surface area (Å²) in [5.74, 6) is 0.437. The van der Waals surface area contributed by atoms with E-state index in [0.717, 1.165) is 55.7 Å². The summed E-state index contributed by atoms with van der Waals surface area (Å²) in [5.41, 5.74) is 11.1. The third kappa shape index (κ3) is 4.22. The van der Waals surface area contributed by atoms with Gasteiger partial charge in [0.25, 0.3) is 0 Å². The van der Waals surface area contributed by atoms with Crippen LogP contribution >= 0.6 is 11.3 Å². The zero-order valence-electron chi connectivity index (χ0n) is 19.8. The second-order valence-corrected chi connectivity index (χ2v) is 9.79. The number of benzene rings is 2. The number of hydrogen-bond acceptors (Lipinski definition) is 5. The lowest BCUT2D eigenvalue weighted by molar-refractivity contribution is -0.137. The van der Waals surface area contributed by atoms with Crippen molar-refractivity contribution < 1.29 is 18.0 Å². The van der Waals surface area contributed by atoms with Crippen molar-refractivity contribution in [3.05, 3.63) is 89.7 Å². The Bertz CT molecular complexity index is 1680. The molecule has 190 valence electrons. The minimum absolute atomic E-state index is 0.0898. The molecule has 0 saturated heterocycles. The minimum atomic E-state index is -4.49. The Kier molecular flexibility index (Phi) is 5.76. The lowest BCUT2D eigenvalue weighted by Gasteiger charge is -2.19. The van der Waals surface area contributed by atoms with Crippen molar-refractivity contribution in [2.45, 2.75) is 12.6 Å². The summed E-state index contributed by atoms with van der Waals surface area (Å²) in [5, 5.41) is 5.51. The molecule has 3 aromatic heterocycles. The summed E-state index contributed by atoms with van der Waals surface area (Å²) in [6.07, 6.45) is 1.41. The van der Waals surface area contributed by atoms with Gasteiger partial charge in [0.2, 0.25) is 0 Å². The molecule has 2 amide bonds. The number of urea groups is 1. The van der Waals surface area contributed by atoms with Crippen molar-refractivity contribution in [3.63, 3.8) is 0 Å². The molecule has 10 heteroatoms. The summed E-state index contributed by atoms with van der Waals surface area (Å²) in [6.45, 7) is 0.419. The van der Waals surface area contributed by atoms with Crippen molar-refractivity contribution in [2.24, 2.45) is 0 Å². The zero-order chi connectivity index (χ0) is 26.4. The second kappa shape index (κ2) is 9.14. The van der Waals surface area contributed by atoms with E-state index in [9.17, 15) is 18.0 Å². The normalized spacial score (nSPS) is 13.1. The number of amides is 2. The first-order valence-electron chi connectivity index (χ1n) is 11.7. The Morgan fingerprint density at radius 2 is 1.89 bits per heavy atom. The minimum Gasteiger partial charge on any atom is -0.383 e. The molecule has 4 heterocycles. The molecule has 6 rings (SSSR count). The maximum atomic E-state index is 13.1. The highest BCUT2D eigenvalue weighted by molar-refractivity contribution is 7.18. The number of nitrogen functional groups attached to an aromatic ring is 1. The van der Waals surface area contributed by atoms with Gasteiger partial charge in [-0.3, -0.25) is 9.88 Å². The zero-order valence-corrected chi connectivity index (χ0v) is 20.6. The van der Waals surface area contributed by atoms with Crippen LogP contribution in [0.3, 0.4) is 0 Å². The van der Waals surface area contributed by atoms with E-state index in [-0.39, 0.29) is 5.69 Å². The van der Waals surface area contributed by atoms with Gasteiger partial charge in [-0.2, -0.15) is 13.2 Å². The number of fused-ring (bicyclic) bond motifs is 2. The van der Waals surface area contributed by atoms with Gasteiger partial charge in [-0.15, -0.1) is 11.3 Å². The molecule has 0 aliphatic carbocycles. The molecule has 1 aliphatic heterocycles. The van der Waals surface area contributed by atoms with Crippen LogP contribution in [0.2, 0.25) is 0 Å². The van der Waals surface area contributed by atoms with Crippen LogP contribution in [0.15, 0.2) is 78.6 Å². The van der Waals surface area contributed by atoms with Gasteiger partial charge >= 0.3 is 12.2 Å². The van der Waals surface area contributed by atoms with Crippen molar-refractivity contribution in [3.8, 4) is 22.3 Å². The maximum absolute atomic E-state index is 13.1. The second-order valence-electron chi connectivity index (χ2n) is 8.91. The van der Waals surface area contributed by atoms with Crippen LogP contribution in [0.1, 0.15) is 11.1 Å². The van der Waals surface area contributed by atoms with Crippen molar-refractivity contribution >= 4 is 44.6 Å². The van der Waals surface area contributed by atoms with Crippen LogP contribution in [-0.2, 0) is 12.6 Å². The number of aromatic nitrogens is 2. The number of hydrogen-bond donors (Lipinski definition) is 2. The summed E-state index contributed by atoms with van der Waals surface area (Å²) in [4.78, 5) is 23.1. The lowest BCUT2D eigenvalue weighted by Crippen LogP contribution is -2.33. The number of thiophene rings is 1. The molecule has 0 saturated carbocycles. The van der Waals surface area contributed by atoms with E-state index in [0.29, 0.717) is 18.8 Å². The van der Waals surface area contributed by atoms with Gasteiger partial charge in [0, 0.05) is 63.3 Å². The summed E-state index contributed by atoms with van der Waals surface area (Å²) in [7, 11) is 0. The Balaban J connectivity index is 1.30. The van der Waals surface area contributed by atoms with Gasteiger partial charge < -0.3 is 11.1 Å². The van der Waals surface area contributed by atoms with Gasteiger partial charge in [0.1, 0.15) is 5.82 Å². The fourth-order valence-corrected chi connectivity index (χ4v) is 5.87. The first kappa shape index (κ1) is 23.9. The van der Waals surface area contributed by atoms with Gasteiger partial charge in [0.05, 0.1) is 5.56 Å². The molecule has 3 N–H and O–H groups in total. The molecular weight excluding hydrogens is 511 g/mol. The number of anilines is 3. The molecule has 0 bridgehead atoms. The fraction of sp³-hybridized carbons (Fsp3) is 0.107. The smallest absolute Gasteiger partial charge is 0.383 e. The molecule has 1 aliphatic rings. The van der Waals surface area contributed by atoms with Gasteiger partial charge in [-0.25, -0.2) is 9.78 Å². The standard InChI is InChI=1S/C28H20F3N5OS/c29-28(30,31)19-4-1-5-20(12-19)35-27(37)36-10-8-17-11-16(6-7-23(17)36)22-15-38-25-21(14-34-26(32)24(22)25)18-3-2-9-33-13-18/h1-7,9,11-15H,8,10H2,(H2,32,34)(H,35,37). The molecule has 2 aromatic carbocycles. The summed E-state index contributed by atoms with van der Waals surface area (Å²) < 4.78 is 40.2. The van der Waals surface area contributed by atoms with Crippen molar-refractivity contribution in [1.29, 1.82) is 0 Å². The molecule has 0 unspecified atom stereocenters. The number of nitrogens with two attached hydrogens (primary N) is 1. The Morgan fingerprint density at radius 1 is 1.03 bits per heavy atom. The maximum Gasteiger partial charge on any atom is 0.416 e. The fourth-order valence-electron chi connectivity index (χ4n) is 4.75. The lowest BCUT2D eigenvalue weighted by atomic mass is 9.99. The third-order valence-corrected chi connectivity index (χ3v) is 7.58. The number of pyridine rings is 2. The quantitative estimate of drug-likeness (QED) is 0.257. The van der Waals surface area contributed by atoms with E-state index in [1.54, 1.807) is 34.8 Å². The van der Waals surface area contributed by atoms with Gasteiger partial charge in [0.15, 0.2) is 0 Å². The Labute approximate surface area is 219 Å². The van der Waals surface area contributed by atoms with Gasteiger partial charge in [-0.1, -0.05) is 18.2 Å². The summed E-state index contributed by atoms with van der Waals surface area (Å²) >= 11 is 1.58. The predicted octanol–water partition coefficient (Wildman–Crippen LogP) is 7.22. The average Bonchev–Trinajstić information content (AvgIpc) is 3.54. The summed E-state index contributed by atoms with van der Waals surface area (Å²) in [6, 6.07) is 13.8. The number of halogens is 3. The molecule has 0 atom stereocenters. The highest BCUT2D eigenvalue weighted by atomic mass is 32.1. The van der Waals surface area contributed by atoms with Crippen LogP contribution in [0.5, 0.6) is 0 Å². The number of nitrogens with one attached hydrogen (secondary N) is 1. The van der Waals surface area contributed by atoms with Crippen LogP contribution in [-0.4, -0.2) is 22.5 Å². The number of carbonyl (C=O) groups excluding carboxylic acids is 1. The van der Waals surface area contributed by atoms with E-state index in [1.807, 2.05) is 30.3 Å². The number of carbonyl (C=O) groups is 1. The van der Waals surface area contributed by atoms with Crippen molar-refractivity contribution in [2.75, 3.05) is 22.5 Å². The van der Waals surface area contributed by atoms with E-state index in [4.69, 9.17) is 5.73 Å². The SMILES string of the molecule is Nc1ncc(-c2cccnc2)c2scc(-c3ccc4c(c3)CCN4C(=O)Nc3cccc(C(F)(F)F)c3)c12. The molecule has 5 aromatic rings. The van der Waals surface area contributed by atoms with Gasteiger partial charge in [-0.05, 0) is 59.3 Å². The first-order valence-corrected chi connectivity index (χ1v) is 12.6. The van der Waals surface area contributed by atoms with Crippen LogP contribution in [0.25, 0.3) is 32.3 Å². The Morgan fingerprint density at radius 3 is 2.68 bits per heavy atom. The predicted molar refractivity (Wildman–Crippen MR) is 144 cm³/mol. The molecule has 38 heavy (non-hydrogen) atoms. The van der Waals surface area contributed by atoms with Crippen LogP contribution in [0, 0.1) is 0 Å². The topological polar surface area (TPSA) is 84.1 Å². The monoisotopic (exact) mass is 531 g/mol. The number of alkyl halides is 3. The highest BCUT2D eigenvalue weighted by Crippen LogP contribution is 2.43. The van der Waals surface area contributed by atoms with E-state index >= 15 is 0 Å². The molecular formula is C28H20F3N5OS. The highest BCUT2D eigenvalue weighted by Gasteiger charge is 2.31. The average molecular weight is 532 g/mol. The Hall–Kier alpha value is -4.44. The number of nitrogens with zero attached hydrogens (tertiary/aromatic N) is 3. The molecule has 0 spiro atoms. The molecule has 0 fully saturated rings. The van der Waals surface area contributed by atoms with E-state index in [1.165, 1.54) is 12.1 Å². The van der Waals surface area contributed by atoms with Crippen molar-refractivity contribution in [1.82, 2.24) is 9.97 Å². The largest absolute Gasteiger partial charge is 0.416 e. The van der Waals surface area contributed by atoms with Crippen LogP contribution in [0.4, 0.5) is 35.2 Å². The first-order chi connectivity index (χ1) is 18.3. The third-order valence-electron chi connectivity index (χ3n) is 6.57. The molecule has 6 nitrogen and oxygen atoms in total. The number of rotatable bonds is 3.